The van der Waals surface area contributed by atoms with Crippen molar-refractivity contribution in [2.75, 3.05) is 0 Å². The van der Waals surface area contributed by atoms with Gasteiger partial charge in [0.25, 0.3) is 0 Å². The Balaban J connectivity index is 1.98. The third-order valence-electron chi connectivity index (χ3n) is 2.16. The third kappa shape index (κ3) is 1.69. The van der Waals surface area contributed by atoms with Crippen LogP contribution in [0.2, 0.25) is 0 Å². The van der Waals surface area contributed by atoms with Crippen LogP contribution in [0.4, 0.5) is 0 Å². The smallest absolute Gasteiger partial charge is 0.177 e. The van der Waals surface area contributed by atoms with Crippen LogP contribution in [0.5, 0.6) is 0 Å². The second kappa shape index (κ2) is 3.47. The van der Waals surface area contributed by atoms with Gasteiger partial charge in [-0.25, -0.2) is 0 Å². The quantitative estimate of drug-likeness (QED) is 0.669. The number of H-pyrrole nitrogens is 1. The van der Waals surface area contributed by atoms with Gasteiger partial charge in [0, 0.05) is 6.42 Å². The second-order valence-corrected chi connectivity index (χ2v) is 3.11. The lowest BCUT2D eigenvalue weighted by Crippen LogP contribution is -1.97. The summed E-state index contributed by atoms with van der Waals surface area (Å²) < 4.78 is 0. The molecule has 2 rings (SSSR count). The molecule has 0 saturated carbocycles. The van der Waals surface area contributed by atoms with Crippen LogP contribution < -0.4 is 0 Å². The second-order valence-electron chi connectivity index (χ2n) is 3.11. The summed E-state index contributed by atoms with van der Waals surface area (Å²) >= 11 is 0. The first-order valence-corrected chi connectivity index (χ1v) is 4.35. The molecule has 12 heavy (non-hydrogen) atoms. The van der Waals surface area contributed by atoms with E-state index < -0.39 is 0 Å². The predicted octanol–water partition coefficient (Wildman–Crippen LogP) is 1.24. The maximum absolute atomic E-state index is 3.92. The predicted molar refractivity (Wildman–Crippen MR) is 44.4 cm³/mol. The van der Waals surface area contributed by atoms with E-state index in [-0.39, 0.29) is 0 Å². The van der Waals surface area contributed by atoms with Gasteiger partial charge >= 0.3 is 0 Å². The summed E-state index contributed by atoms with van der Waals surface area (Å²) in [5.74, 6) is 0.808. The fourth-order valence-electron chi connectivity index (χ4n) is 1.53. The van der Waals surface area contributed by atoms with Crippen LogP contribution >= 0.6 is 0 Å². The van der Waals surface area contributed by atoms with Crippen molar-refractivity contribution in [3.63, 3.8) is 0 Å². The Morgan fingerprint density at radius 1 is 1.42 bits per heavy atom. The van der Waals surface area contributed by atoms with Crippen molar-refractivity contribution < 1.29 is 0 Å². The minimum absolute atomic E-state index is 0.808. The Morgan fingerprint density at radius 3 is 3.08 bits per heavy atom. The minimum atomic E-state index is 0.808. The van der Waals surface area contributed by atoms with Gasteiger partial charge in [-0.15, -0.1) is 10.2 Å². The summed E-state index contributed by atoms with van der Waals surface area (Å²) in [5.41, 5.74) is 1.46. The van der Waals surface area contributed by atoms with E-state index in [1.165, 1.54) is 31.3 Å². The van der Waals surface area contributed by atoms with Crippen LogP contribution in [-0.4, -0.2) is 20.6 Å². The minimum Gasteiger partial charge on any atom is -0.177 e. The Morgan fingerprint density at radius 2 is 2.42 bits per heavy atom. The van der Waals surface area contributed by atoms with Gasteiger partial charge in [0.15, 0.2) is 5.82 Å². The number of rotatable bonds is 2. The Hall–Kier alpha value is -1.19. The highest BCUT2D eigenvalue weighted by Gasteiger charge is 2.06. The summed E-state index contributed by atoms with van der Waals surface area (Å²) in [6, 6.07) is 0. The van der Waals surface area contributed by atoms with Gasteiger partial charge in [-0.05, 0) is 25.7 Å². The van der Waals surface area contributed by atoms with Gasteiger partial charge in [0.05, 0.1) is 0 Å². The van der Waals surface area contributed by atoms with Gasteiger partial charge in [-0.2, -0.15) is 5.21 Å². The van der Waals surface area contributed by atoms with Crippen LogP contribution in [0.25, 0.3) is 0 Å². The van der Waals surface area contributed by atoms with Crippen molar-refractivity contribution in [1.82, 2.24) is 20.6 Å². The molecule has 0 spiro atoms. The standard InChI is InChI=1S/C8H12N4/c1-2-4-7(5-3-1)6-8-9-11-12-10-8/h4H,1-3,5-6H2,(H,9,10,11,12). The van der Waals surface area contributed by atoms with Crippen LogP contribution in [0.3, 0.4) is 0 Å². The number of aromatic nitrogens is 4. The lowest BCUT2D eigenvalue weighted by atomic mass is 9.97. The molecule has 4 nitrogen and oxygen atoms in total. The Bertz CT molecular complexity index is 263. The molecule has 0 unspecified atom stereocenters. The summed E-state index contributed by atoms with van der Waals surface area (Å²) in [6.07, 6.45) is 8.23. The number of tetrazole rings is 1. The topological polar surface area (TPSA) is 54.5 Å². The third-order valence-corrected chi connectivity index (χ3v) is 2.16. The largest absolute Gasteiger partial charge is 0.178 e. The maximum atomic E-state index is 3.92. The molecule has 0 aliphatic heterocycles. The molecule has 0 bridgehead atoms. The number of hydrogen-bond donors (Lipinski definition) is 1. The average Bonchev–Trinajstić information content (AvgIpc) is 2.59. The first-order chi connectivity index (χ1) is 5.95. The number of nitrogens with one attached hydrogen (secondary N) is 1. The first-order valence-electron chi connectivity index (χ1n) is 4.35. The summed E-state index contributed by atoms with van der Waals surface area (Å²) in [6.45, 7) is 0. The van der Waals surface area contributed by atoms with Gasteiger partial charge < -0.3 is 0 Å². The highest BCUT2D eigenvalue weighted by molar-refractivity contribution is 5.10. The fraction of sp³-hybridized carbons (Fsp3) is 0.625. The molecule has 0 amide bonds. The highest BCUT2D eigenvalue weighted by Crippen LogP contribution is 2.19. The normalized spacial score (nSPS) is 17.5. The van der Waals surface area contributed by atoms with Gasteiger partial charge in [0.2, 0.25) is 0 Å². The monoisotopic (exact) mass is 164 g/mol. The van der Waals surface area contributed by atoms with E-state index in [1.54, 1.807) is 0 Å². The molecule has 0 radical (unpaired) electrons. The molecule has 1 N–H and O–H groups in total. The maximum Gasteiger partial charge on any atom is 0.178 e. The molecule has 0 saturated heterocycles. The van der Waals surface area contributed by atoms with E-state index in [2.05, 4.69) is 26.7 Å². The number of hydrogen-bond acceptors (Lipinski definition) is 3. The zero-order valence-electron chi connectivity index (χ0n) is 6.95. The molecule has 0 fully saturated rings. The molecule has 1 aromatic rings. The van der Waals surface area contributed by atoms with E-state index in [1.807, 2.05) is 0 Å². The molecule has 1 aromatic heterocycles. The molecule has 4 heteroatoms. The lowest BCUT2D eigenvalue weighted by molar-refractivity contribution is 0.682. The lowest BCUT2D eigenvalue weighted by Gasteiger charge is -2.09. The molecule has 1 aliphatic carbocycles. The molecule has 64 valence electrons. The number of aromatic amines is 1. The van der Waals surface area contributed by atoms with Gasteiger partial charge in [-0.1, -0.05) is 16.9 Å². The average molecular weight is 164 g/mol. The summed E-state index contributed by atoms with van der Waals surface area (Å²) in [4.78, 5) is 0. The summed E-state index contributed by atoms with van der Waals surface area (Å²) in [5, 5.41) is 13.8. The number of nitrogens with zero attached hydrogens (tertiary/aromatic N) is 3. The first kappa shape index (κ1) is 7.46. The van der Waals surface area contributed by atoms with Crippen LogP contribution in [0.15, 0.2) is 11.6 Å². The Kier molecular flexibility index (Phi) is 2.16. The van der Waals surface area contributed by atoms with E-state index in [0.717, 1.165) is 12.2 Å². The summed E-state index contributed by atoms with van der Waals surface area (Å²) in [7, 11) is 0. The van der Waals surface area contributed by atoms with Crippen LogP contribution in [0, 0.1) is 0 Å². The fourth-order valence-corrected chi connectivity index (χ4v) is 1.53. The molecular formula is C8H12N4. The van der Waals surface area contributed by atoms with E-state index in [9.17, 15) is 0 Å². The molecule has 0 atom stereocenters. The zero-order valence-corrected chi connectivity index (χ0v) is 6.95. The van der Waals surface area contributed by atoms with Crippen molar-refractivity contribution in [1.29, 1.82) is 0 Å². The molecule has 1 aliphatic rings. The van der Waals surface area contributed by atoms with Crippen molar-refractivity contribution in [3.8, 4) is 0 Å². The van der Waals surface area contributed by atoms with Crippen molar-refractivity contribution >= 4 is 0 Å². The zero-order chi connectivity index (χ0) is 8.23. The van der Waals surface area contributed by atoms with E-state index in [4.69, 9.17) is 0 Å². The molecular weight excluding hydrogens is 152 g/mol. The molecule has 1 heterocycles. The van der Waals surface area contributed by atoms with Crippen molar-refractivity contribution in [3.05, 3.63) is 17.5 Å². The Labute approximate surface area is 71.1 Å². The van der Waals surface area contributed by atoms with E-state index in [0.29, 0.717) is 0 Å². The van der Waals surface area contributed by atoms with Gasteiger partial charge in [-0.3, -0.25) is 0 Å². The van der Waals surface area contributed by atoms with Crippen LogP contribution in [0.1, 0.15) is 31.5 Å². The van der Waals surface area contributed by atoms with E-state index >= 15 is 0 Å². The SMILES string of the molecule is C1=C(Cc2nn[nH]n2)CCCC1. The molecule has 0 aromatic carbocycles. The highest BCUT2D eigenvalue weighted by atomic mass is 15.5. The van der Waals surface area contributed by atoms with Gasteiger partial charge in [0.1, 0.15) is 0 Å². The number of allylic oxidation sites excluding steroid dienone is 2. The van der Waals surface area contributed by atoms with Crippen LogP contribution in [-0.2, 0) is 6.42 Å². The van der Waals surface area contributed by atoms with Crippen molar-refractivity contribution in [2.24, 2.45) is 0 Å². The van der Waals surface area contributed by atoms with Crippen molar-refractivity contribution in [2.45, 2.75) is 32.1 Å².